The van der Waals surface area contributed by atoms with Gasteiger partial charge in [0.25, 0.3) is 0 Å². The first kappa shape index (κ1) is 18.6. The third-order valence-electron chi connectivity index (χ3n) is 3.34. The van der Waals surface area contributed by atoms with Crippen LogP contribution < -0.4 is 10.1 Å². The van der Waals surface area contributed by atoms with Crippen molar-refractivity contribution in [2.45, 2.75) is 39.5 Å². The van der Waals surface area contributed by atoms with Crippen molar-refractivity contribution in [3.8, 4) is 5.75 Å². The molecular formula is C17H27NO4. The minimum Gasteiger partial charge on any atom is -0.497 e. The van der Waals surface area contributed by atoms with E-state index >= 15 is 0 Å². The van der Waals surface area contributed by atoms with Crippen LogP contribution in [0.25, 0.3) is 0 Å². The van der Waals surface area contributed by atoms with Crippen molar-refractivity contribution in [3.05, 3.63) is 29.8 Å². The number of hydrogen-bond acceptors (Lipinski definition) is 5. The van der Waals surface area contributed by atoms with Gasteiger partial charge in [0, 0.05) is 25.3 Å². The Labute approximate surface area is 132 Å². The van der Waals surface area contributed by atoms with Gasteiger partial charge < -0.3 is 19.5 Å². The van der Waals surface area contributed by atoms with Crippen LogP contribution in [0.3, 0.4) is 0 Å². The summed E-state index contributed by atoms with van der Waals surface area (Å²) in [5, 5.41) is 3.22. The predicted octanol–water partition coefficient (Wildman–Crippen LogP) is 2.65. The molecule has 0 saturated carbocycles. The monoisotopic (exact) mass is 309 g/mol. The SMILES string of the molecule is CCOC(CNC(C)(C)C(=O)c1ccc(OC)cc1)OCC. The van der Waals surface area contributed by atoms with Crippen LogP contribution in [-0.4, -0.2) is 44.5 Å². The average Bonchev–Trinajstić information content (AvgIpc) is 2.52. The molecule has 0 unspecified atom stereocenters. The molecule has 0 bridgehead atoms. The first-order valence-electron chi connectivity index (χ1n) is 7.61. The smallest absolute Gasteiger partial charge is 0.182 e. The highest BCUT2D eigenvalue weighted by molar-refractivity contribution is 6.02. The van der Waals surface area contributed by atoms with Gasteiger partial charge in [0.05, 0.1) is 12.6 Å². The molecule has 5 heteroatoms. The van der Waals surface area contributed by atoms with Crippen LogP contribution in [0.5, 0.6) is 5.75 Å². The number of ether oxygens (including phenoxy) is 3. The number of carbonyl (C=O) groups is 1. The van der Waals surface area contributed by atoms with E-state index in [1.165, 1.54) is 0 Å². The molecule has 1 aromatic rings. The van der Waals surface area contributed by atoms with E-state index in [0.29, 0.717) is 25.3 Å². The summed E-state index contributed by atoms with van der Waals surface area (Å²) < 4.78 is 16.1. The van der Waals surface area contributed by atoms with Crippen molar-refractivity contribution in [1.29, 1.82) is 0 Å². The highest BCUT2D eigenvalue weighted by Crippen LogP contribution is 2.17. The summed E-state index contributed by atoms with van der Waals surface area (Å²) in [5.74, 6) is 0.747. The Balaban J connectivity index is 2.68. The zero-order valence-electron chi connectivity index (χ0n) is 14.1. The quantitative estimate of drug-likeness (QED) is 0.532. The van der Waals surface area contributed by atoms with Crippen LogP contribution >= 0.6 is 0 Å². The Hall–Kier alpha value is -1.43. The third-order valence-corrected chi connectivity index (χ3v) is 3.34. The fraction of sp³-hybridized carbons (Fsp3) is 0.588. The second-order valence-corrected chi connectivity index (χ2v) is 5.40. The van der Waals surface area contributed by atoms with Crippen molar-refractivity contribution in [2.75, 3.05) is 26.9 Å². The number of ketones is 1. The molecule has 0 aliphatic heterocycles. The molecule has 22 heavy (non-hydrogen) atoms. The van der Waals surface area contributed by atoms with Gasteiger partial charge in [0.2, 0.25) is 0 Å². The lowest BCUT2D eigenvalue weighted by Gasteiger charge is -2.27. The third kappa shape index (κ3) is 5.40. The molecule has 0 atom stereocenters. The average molecular weight is 309 g/mol. The van der Waals surface area contributed by atoms with Crippen molar-refractivity contribution in [3.63, 3.8) is 0 Å². The van der Waals surface area contributed by atoms with Crippen LogP contribution in [0.15, 0.2) is 24.3 Å². The normalized spacial score (nSPS) is 11.7. The summed E-state index contributed by atoms with van der Waals surface area (Å²) in [6.45, 7) is 9.14. The van der Waals surface area contributed by atoms with Gasteiger partial charge in [-0.05, 0) is 52.0 Å². The molecule has 1 rings (SSSR count). The zero-order valence-corrected chi connectivity index (χ0v) is 14.1. The van der Waals surface area contributed by atoms with Gasteiger partial charge in [-0.15, -0.1) is 0 Å². The van der Waals surface area contributed by atoms with Crippen molar-refractivity contribution in [1.82, 2.24) is 5.32 Å². The number of benzene rings is 1. The van der Waals surface area contributed by atoms with Crippen LogP contribution in [0.1, 0.15) is 38.1 Å². The summed E-state index contributed by atoms with van der Waals surface area (Å²) in [6, 6.07) is 7.11. The molecule has 1 N–H and O–H groups in total. The summed E-state index contributed by atoms with van der Waals surface area (Å²) >= 11 is 0. The summed E-state index contributed by atoms with van der Waals surface area (Å²) in [7, 11) is 1.60. The highest BCUT2D eigenvalue weighted by atomic mass is 16.7. The maximum atomic E-state index is 12.6. The predicted molar refractivity (Wildman–Crippen MR) is 86.4 cm³/mol. The molecule has 0 amide bonds. The Morgan fingerprint density at radius 3 is 2.14 bits per heavy atom. The first-order valence-corrected chi connectivity index (χ1v) is 7.61. The number of nitrogens with one attached hydrogen (secondary N) is 1. The Morgan fingerprint density at radius 1 is 1.14 bits per heavy atom. The lowest BCUT2D eigenvalue weighted by Crippen LogP contribution is -2.50. The van der Waals surface area contributed by atoms with Gasteiger partial charge >= 0.3 is 0 Å². The van der Waals surface area contributed by atoms with E-state index in [0.717, 1.165) is 5.75 Å². The summed E-state index contributed by atoms with van der Waals surface area (Å²) in [5.41, 5.74) is -0.0659. The van der Waals surface area contributed by atoms with E-state index < -0.39 is 5.54 Å². The van der Waals surface area contributed by atoms with Crippen molar-refractivity contribution in [2.24, 2.45) is 0 Å². The van der Waals surface area contributed by atoms with Crippen LogP contribution in [0, 0.1) is 0 Å². The molecule has 124 valence electrons. The molecule has 0 fully saturated rings. The summed E-state index contributed by atoms with van der Waals surface area (Å²) in [6.07, 6.45) is -0.349. The van der Waals surface area contributed by atoms with Crippen LogP contribution in [0.2, 0.25) is 0 Å². The van der Waals surface area contributed by atoms with Gasteiger partial charge in [-0.25, -0.2) is 0 Å². The van der Waals surface area contributed by atoms with E-state index in [4.69, 9.17) is 14.2 Å². The molecule has 0 spiro atoms. The fourth-order valence-electron chi connectivity index (χ4n) is 2.06. The number of hydrogen-bond donors (Lipinski definition) is 1. The topological polar surface area (TPSA) is 56.8 Å². The molecule has 1 aromatic carbocycles. The molecule has 0 aliphatic carbocycles. The Morgan fingerprint density at radius 2 is 1.68 bits per heavy atom. The maximum Gasteiger partial charge on any atom is 0.182 e. The van der Waals surface area contributed by atoms with Gasteiger partial charge in [-0.3, -0.25) is 4.79 Å². The zero-order chi connectivity index (χ0) is 16.6. The van der Waals surface area contributed by atoms with E-state index in [1.807, 2.05) is 27.7 Å². The summed E-state index contributed by atoms with van der Waals surface area (Å²) in [4.78, 5) is 12.6. The van der Waals surface area contributed by atoms with Crippen LogP contribution in [0.4, 0.5) is 0 Å². The highest BCUT2D eigenvalue weighted by Gasteiger charge is 2.29. The lowest BCUT2D eigenvalue weighted by atomic mass is 9.93. The molecule has 0 aromatic heterocycles. The van der Waals surface area contributed by atoms with Crippen LogP contribution in [-0.2, 0) is 9.47 Å². The molecule has 0 radical (unpaired) electrons. The number of rotatable bonds is 10. The number of carbonyl (C=O) groups excluding carboxylic acids is 1. The van der Waals surface area contributed by atoms with Gasteiger partial charge in [-0.1, -0.05) is 0 Å². The van der Waals surface area contributed by atoms with Gasteiger partial charge in [0.15, 0.2) is 12.1 Å². The van der Waals surface area contributed by atoms with E-state index in [-0.39, 0.29) is 12.1 Å². The minimum absolute atomic E-state index is 0.0156. The second kappa shape index (κ2) is 8.88. The molecule has 0 saturated heterocycles. The van der Waals surface area contributed by atoms with Gasteiger partial charge in [-0.2, -0.15) is 0 Å². The number of methoxy groups -OCH3 is 1. The molecular weight excluding hydrogens is 282 g/mol. The lowest BCUT2D eigenvalue weighted by molar-refractivity contribution is -0.134. The standard InChI is InChI=1S/C17H27NO4/c1-6-21-15(22-7-2)12-18-17(3,4)16(19)13-8-10-14(20-5)11-9-13/h8-11,15,18H,6-7,12H2,1-5H3. The largest absolute Gasteiger partial charge is 0.497 e. The second-order valence-electron chi connectivity index (χ2n) is 5.40. The Bertz CT molecular complexity index is 450. The molecule has 0 aliphatic rings. The van der Waals surface area contributed by atoms with E-state index in [1.54, 1.807) is 31.4 Å². The van der Waals surface area contributed by atoms with E-state index in [9.17, 15) is 4.79 Å². The van der Waals surface area contributed by atoms with Crippen molar-refractivity contribution >= 4 is 5.78 Å². The van der Waals surface area contributed by atoms with Crippen molar-refractivity contribution < 1.29 is 19.0 Å². The number of Topliss-reactive ketones (excluding diaryl/α,β-unsaturated/α-hetero) is 1. The molecule has 0 heterocycles. The minimum atomic E-state index is -0.707. The maximum absolute atomic E-state index is 12.6. The van der Waals surface area contributed by atoms with E-state index in [2.05, 4.69) is 5.32 Å². The fourth-order valence-corrected chi connectivity index (χ4v) is 2.06. The van der Waals surface area contributed by atoms with Gasteiger partial charge in [0.1, 0.15) is 5.75 Å². The molecule has 5 nitrogen and oxygen atoms in total. The Kier molecular flexibility index (Phi) is 7.51. The first-order chi connectivity index (χ1) is 10.4.